The van der Waals surface area contributed by atoms with E-state index < -0.39 is 0 Å². The van der Waals surface area contributed by atoms with Gasteiger partial charge in [-0.1, -0.05) is 6.07 Å². The topological polar surface area (TPSA) is 46.6 Å². The third-order valence-electron chi connectivity index (χ3n) is 4.20. The van der Waals surface area contributed by atoms with Gasteiger partial charge in [-0.15, -0.1) is 0 Å². The van der Waals surface area contributed by atoms with Gasteiger partial charge in [-0.2, -0.15) is 0 Å². The minimum Gasteiger partial charge on any atom is -0.399 e. The normalized spacial score (nSPS) is 24.1. The second-order valence-corrected chi connectivity index (χ2v) is 6.19. The molecule has 0 radical (unpaired) electrons. The zero-order chi connectivity index (χ0) is 14.4. The van der Waals surface area contributed by atoms with Crippen molar-refractivity contribution >= 4 is 12.9 Å². The van der Waals surface area contributed by atoms with Gasteiger partial charge in [0.25, 0.3) is 0 Å². The average Bonchev–Trinajstić information content (AvgIpc) is 2.94. The lowest BCUT2D eigenvalue weighted by Gasteiger charge is -2.32. The van der Waals surface area contributed by atoms with Crippen LogP contribution in [0.3, 0.4) is 0 Å². The number of hydrazine groups is 1. The summed E-state index contributed by atoms with van der Waals surface area (Å²) in [6.07, 6.45) is 3.78. The first-order chi connectivity index (χ1) is 9.39. The van der Waals surface area contributed by atoms with Gasteiger partial charge in [0.05, 0.1) is 11.2 Å². The Bertz CT molecular complexity index is 514. The molecule has 0 unspecified atom stereocenters. The number of hydrogen-bond acceptors (Lipinski definition) is 5. The van der Waals surface area contributed by atoms with Crippen molar-refractivity contribution in [1.82, 2.24) is 10.4 Å². The maximum absolute atomic E-state index is 6.05. The highest BCUT2D eigenvalue weighted by molar-refractivity contribution is 6.55. The van der Waals surface area contributed by atoms with Crippen LogP contribution < -0.4 is 10.4 Å². The predicted octanol–water partition coefficient (Wildman–Crippen LogP) is 1.92. The highest BCUT2D eigenvalue weighted by atomic mass is 16.7. The number of pyridine rings is 1. The fourth-order valence-corrected chi connectivity index (χ4v) is 2.22. The van der Waals surface area contributed by atoms with E-state index in [1.54, 1.807) is 6.20 Å². The fourth-order valence-electron chi connectivity index (χ4n) is 2.22. The van der Waals surface area contributed by atoms with E-state index >= 15 is 0 Å². The van der Waals surface area contributed by atoms with Crippen LogP contribution in [0.15, 0.2) is 36.1 Å². The number of rotatable bonds is 2. The summed E-state index contributed by atoms with van der Waals surface area (Å²) < 4.78 is 12.1. The van der Waals surface area contributed by atoms with Gasteiger partial charge < -0.3 is 9.31 Å². The number of nitrogens with zero attached hydrogens (tertiary/aromatic N) is 2. The molecule has 6 heteroatoms. The minimum atomic E-state index is -0.309. The van der Waals surface area contributed by atoms with Gasteiger partial charge in [0.15, 0.2) is 0 Å². The van der Waals surface area contributed by atoms with Gasteiger partial charge in [-0.05, 0) is 45.3 Å². The first kappa shape index (κ1) is 13.6. The van der Waals surface area contributed by atoms with Gasteiger partial charge in [-0.3, -0.25) is 5.01 Å². The Morgan fingerprint density at radius 2 is 1.90 bits per heavy atom. The lowest BCUT2D eigenvalue weighted by atomic mass is 9.79. The van der Waals surface area contributed by atoms with Crippen molar-refractivity contribution < 1.29 is 9.31 Å². The van der Waals surface area contributed by atoms with E-state index in [-0.39, 0.29) is 18.3 Å². The Hall–Kier alpha value is -1.37. The molecule has 0 aromatic carbocycles. The lowest BCUT2D eigenvalue weighted by Crippen LogP contribution is -2.41. The SMILES string of the molecule is CC1(C)OB(C2=CN(c3ccccn3)NC2)OC1(C)C. The average molecular weight is 273 g/mol. The van der Waals surface area contributed by atoms with Crippen LogP contribution in [0, 0.1) is 0 Å². The number of hydrogen-bond donors (Lipinski definition) is 1. The van der Waals surface area contributed by atoms with Crippen LogP contribution in [-0.2, 0) is 9.31 Å². The van der Waals surface area contributed by atoms with E-state index in [0.717, 1.165) is 11.3 Å². The highest BCUT2D eigenvalue weighted by Crippen LogP contribution is 2.39. The molecule has 3 rings (SSSR count). The second-order valence-electron chi connectivity index (χ2n) is 6.19. The molecular formula is C14H20BN3O2. The Morgan fingerprint density at radius 1 is 1.20 bits per heavy atom. The first-order valence-electron chi connectivity index (χ1n) is 6.89. The summed E-state index contributed by atoms with van der Waals surface area (Å²) in [6, 6.07) is 5.82. The van der Waals surface area contributed by atoms with Crippen LogP contribution in [-0.4, -0.2) is 29.8 Å². The summed E-state index contributed by atoms with van der Waals surface area (Å²) in [6.45, 7) is 8.95. The molecule has 0 amide bonds. The van der Waals surface area contributed by atoms with E-state index in [9.17, 15) is 0 Å². The van der Waals surface area contributed by atoms with Crippen LogP contribution in [0.1, 0.15) is 27.7 Å². The smallest absolute Gasteiger partial charge is 0.399 e. The van der Waals surface area contributed by atoms with E-state index in [2.05, 4.69) is 38.1 Å². The third kappa shape index (κ3) is 2.24. The summed E-state index contributed by atoms with van der Waals surface area (Å²) in [7, 11) is -0.304. The highest BCUT2D eigenvalue weighted by Gasteiger charge is 2.52. The third-order valence-corrected chi connectivity index (χ3v) is 4.20. The molecule has 20 heavy (non-hydrogen) atoms. The van der Waals surface area contributed by atoms with Crippen molar-refractivity contribution in [3.8, 4) is 0 Å². The Morgan fingerprint density at radius 3 is 2.50 bits per heavy atom. The largest absolute Gasteiger partial charge is 0.493 e. The van der Waals surface area contributed by atoms with Crippen molar-refractivity contribution in [1.29, 1.82) is 0 Å². The van der Waals surface area contributed by atoms with Crippen molar-refractivity contribution in [2.45, 2.75) is 38.9 Å². The van der Waals surface area contributed by atoms with Crippen LogP contribution >= 0.6 is 0 Å². The molecule has 1 N–H and O–H groups in total. The van der Waals surface area contributed by atoms with Crippen molar-refractivity contribution in [3.63, 3.8) is 0 Å². The molecule has 0 saturated carbocycles. The molecule has 0 aliphatic carbocycles. The Kier molecular flexibility index (Phi) is 3.12. The quantitative estimate of drug-likeness (QED) is 0.834. The first-order valence-corrected chi connectivity index (χ1v) is 6.89. The molecule has 2 aliphatic heterocycles. The van der Waals surface area contributed by atoms with Crippen LogP contribution in [0.4, 0.5) is 5.82 Å². The van der Waals surface area contributed by atoms with E-state index in [1.807, 2.05) is 29.4 Å². The number of nitrogens with one attached hydrogen (secondary N) is 1. The van der Waals surface area contributed by atoms with Gasteiger partial charge in [0.2, 0.25) is 0 Å². The molecule has 3 heterocycles. The van der Waals surface area contributed by atoms with Crippen LogP contribution in [0.25, 0.3) is 0 Å². The summed E-state index contributed by atoms with van der Waals surface area (Å²) in [5, 5.41) is 1.90. The summed E-state index contributed by atoms with van der Waals surface area (Å²) >= 11 is 0. The Labute approximate surface area is 120 Å². The minimum absolute atomic E-state index is 0.304. The molecule has 0 bridgehead atoms. The summed E-state index contributed by atoms with van der Waals surface area (Å²) in [4.78, 5) is 4.32. The molecule has 1 saturated heterocycles. The maximum atomic E-state index is 6.05. The van der Waals surface area contributed by atoms with Crippen molar-refractivity contribution in [2.75, 3.05) is 11.6 Å². The van der Waals surface area contributed by atoms with Gasteiger partial charge in [0.1, 0.15) is 5.82 Å². The molecule has 1 aromatic rings. The molecule has 1 aromatic heterocycles. The van der Waals surface area contributed by atoms with Gasteiger partial charge in [-0.25, -0.2) is 10.4 Å². The molecule has 2 aliphatic rings. The number of anilines is 1. The Balaban J connectivity index is 1.77. The molecule has 5 nitrogen and oxygen atoms in total. The monoisotopic (exact) mass is 273 g/mol. The van der Waals surface area contributed by atoms with Crippen molar-refractivity contribution in [2.24, 2.45) is 0 Å². The van der Waals surface area contributed by atoms with Gasteiger partial charge in [0, 0.05) is 18.9 Å². The van der Waals surface area contributed by atoms with Crippen molar-refractivity contribution in [3.05, 3.63) is 36.1 Å². The number of aromatic nitrogens is 1. The van der Waals surface area contributed by atoms with Gasteiger partial charge >= 0.3 is 7.12 Å². The second kappa shape index (κ2) is 4.58. The molecule has 106 valence electrons. The fraction of sp³-hybridized carbons (Fsp3) is 0.500. The molecule has 0 atom stereocenters. The van der Waals surface area contributed by atoms with Crippen LogP contribution in [0.2, 0.25) is 0 Å². The van der Waals surface area contributed by atoms with Crippen LogP contribution in [0.5, 0.6) is 0 Å². The summed E-state index contributed by atoms with van der Waals surface area (Å²) in [5.74, 6) is 0.860. The molecule has 1 fully saturated rings. The van der Waals surface area contributed by atoms with E-state index in [0.29, 0.717) is 6.54 Å². The van der Waals surface area contributed by atoms with E-state index in [4.69, 9.17) is 9.31 Å². The zero-order valence-corrected chi connectivity index (χ0v) is 12.4. The van der Waals surface area contributed by atoms with E-state index in [1.165, 1.54) is 0 Å². The zero-order valence-electron chi connectivity index (χ0n) is 12.4. The predicted molar refractivity (Wildman–Crippen MR) is 78.9 cm³/mol. The molecular weight excluding hydrogens is 253 g/mol. The maximum Gasteiger partial charge on any atom is 0.493 e. The standard InChI is InChI=1S/C14H20BN3O2/c1-13(2)14(3,4)20-15(19-13)11-9-17-18(10-11)12-7-5-6-8-16-12/h5-8,10,17H,9H2,1-4H3. The summed E-state index contributed by atoms with van der Waals surface area (Å²) in [5.41, 5.74) is 3.73. The molecule has 0 spiro atoms. The lowest BCUT2D eigenvalue weighted by molar-refractivity contribution is 0.00578.